The zero-order chi connectivity index (χ0) is 18.0. The van der Waals surface area contributed by atoms with E-state index in [0.29, 0.717) is 38.5 Å². The second kappa shape index (κ2) is 7.87. The third-order valence-electron chi connectivity index (χ3n) is 5.69. The topological polar surface area (TPSA) is 67.4 Å². The zero-order valence-corrected chi connectivity index (χ0v) is 16.2. The SMILES string of the molecule is CN1CCN(S(=O)(=O)N2CCN(CC3CCC(=O)N(C)C3)CC2)CC1. The van der Waals surface area contributed by atoms with Crippen molar-refractivity contribution >= 4 is 16.1 Å². The zero-order valence-electron chi connectivity index (χ0n) is 15.4. The average Bonchev–Trinajstić information content (AvgIpc) is 2.59. The van der Waals surface area contributed by atoms with E-state index < -0.39 is 10.2 Å². The first-order chi connectivity index (χ1) is 11.9. The summed E-state index contributed by atoms with van der Waals surface area (Å²) in [5, 5.41) is 0. The molecule has 0 aliphatic carbocycles. The van der Waals surface area contributed by atoms with Gasteiger partial charge in [-0.1, -0.05) is 0 Å². The number of carbonyl (C=O) groups is 1. The van der Waals surface area contributed by atoms with Gasteiger partial charge in [-0.3, -0.25) is 4.79 Å². The van der Waals surface area contributed by atoms with Crippen LogP contribution >= 0.6 is 0 Å². The number of nitrogens with zero attached hydrogens (tertiary/aromatic N) is 5. The minimum atomic E-state index is -3.32. The van der Waals surface area contributed by atoms with Gasteiger partial charge in [-0.15, -0.1) is 0 Å². The van der Waals surface area contributed by atoms with E-state index >= 15 is 0 Å². The van der Waals surface area contributed by atoms with Crippen molar-refractivity contribution in [2.75, 3.05) is 79.5 Å². The van der Waals surface area contributed by atoms with Crippen molar-refractivity contribution < 1.29 is 13.2 Å². The molecule has 0 bridgehead atoms. The van der Waals surface area contributed by atoms with Gasteiger partial charge in [-0.2, -0.15) is 17.0 Å². The summed E-state index contributed by atoms with van der Waals surface area (Å²) in [4.78, 5) is 17.9. The number of carbonyl (C=O) groups excluding carboxylic acids is 1. The Kier molecular flexibility index (Phi) is 5.99. The molecule has 1 amide bonds. The standard InChI is InChI=1S/C16H31N5O3S/c1-17-5-9-20(10-6-17)25(23,24)21-11-7-19(8-12-21)14-15-3-4-16(22)18(2)13-15/h15H,3-14H2,1-2H3. The van der Waals surface area contributed by atoms with Crippen LogP contribution in [0.1, 0.15) is 12.8 Å². The lowest BCUT2D eigenvalue weighted by Crippen LogP contribution is -2.57. The first kappa shape index (κ1) is 19.0. The Balaban J connectivity index is 1.47. The number of rotatable bonds is 4. The van der Waals surface area contributed by atoms with Gasteiger partial charge >= 0.3 is 0 Å². The van der Waals surface area contributed by atoms with Gasteiger partial charge < -0.3 is 14.7 Å². The highest BCUT2D eigenvalue weighted by Gasteiger charge is 2.34. The molecule has 3 aliphatic heterocycles. The number of likely N-dealkylation sites (tertiary alicyclic amines) is 1. The smallest absolute Gasteiger partial charge is 0.282 e. The number of piperazine rings is 2. The van der Waals surface area contributed by atoms with Crippen LogP contribution in [0.15, 0.2) is 0 Å². The Hall–Kier alpha value is -0.740. The van der Waals surface area contributed by atoms with Crippen LogP contribution in [0.25, 0.3) is 0 Å². The largest absolute Gasteiger partial charge is 0.345 e. The fourth-order valence-electron chi connectivity index (χ4n) is 3.94. The maximum atomic E-state index is 12.8. The van der Waals surface area contributed by atoms with Crippen LogP contribution in [0.3, 0.4) is 0 Å². The molecule has 3 saturated heterocycles. The van der Waals surface area contributed by atoms with E-state index in [1.165, 1.54) is 0 Å². The molecular weight excluding hydrogens is 342 g/mol. The molecule has 0 N–H and O–H groups in total. The quantitative estimate of drug-likeness (QED) is 0.630. The highest BCUT2D eigenvalue weighted by atomic mass is 32.2. The van der Waals surface area contributed by atoms with E-state index in [-0.39, 0.29) is 5.91 Å². The third kappa shape index (κ3) is 4.51. The summed E-state index contributed by atoms with van der Waals surface area (Å²) < 4.78 is 28.9. The molecule has 1 unspecified atom stereocenters. The third-order valence-corrected chi connectivity index (χ3v) is 7.72. The van der Waals surface area contributed by atoms with Crippen molar-refractivity contribution in [3.63, 3.8) is 0 Å². The van der Waals surface area contributed by atoms with Gasteiger partial charge in [0, 0.05) is 78.9 Å². The van der Waals surface area contributed by atoms with Crippen molar-refractivity contribution in [1.29, 1.82) is 0 Å². The average molecular weight is 374 g/mol. The Morgan fingerprint density at radius 1 is 0.920 bits per heavy atom. The maximum absolute atomic E-state index is 12.8. The van der Waals surface area contributed by atoms with Gasteiger partial charge in [-0.25, -0.2) is 0 Å². The fraction of sp³-hybridized carbons (Fsp3) is 0.938. The van der Waals surface area contributed by atoms with Gasteiger partial charge in [-0.05, 0) is 19.4 Å². The van der Waals surface area contributed by atoms with E-state index in [4.69, 9.17) is 0 Å². The molecule has 0 saturated carbocycles. The van der Waals surface area contributed by atoms with Crippen molar-refractivity contribution in [1.82, 2.24) is 23.3 Å². The number of piperidine rings is 1. The van der Waals surface area contributed by atoms with Crippen LogP contribution in [-0.2, 0) is 15.0 Å². The monoisotopic (exact) mass is 373 g/mol. The molecule has 0 aromatic carbocycles. The Labute approximate surface area is 151 Å². The van der Waals surface area contributed by atoms with Crippen LogP contribution in [0.4, 0.5) is 0 Å². The number of amides is 1. The first-order valence-electron chi connectivity index (χ1n) is 9.26. The van der Waals surface area contributed by atoms with Gasteiger partial charge in [0.25, 0.3) is 10.2 Å². The minimum absolute atomic E-state index is 0.235. The highest BCUT2D eigenvalue weighted by Crippen LogP contribution is 2.19. The van der Waals surface area contributed by atoms with Gasteiger partial charge in [0.05, 0.1) is 0 Å². The first-order valence-corrected chi connectivity index (χ1v) is 10.7. The molecule has 1 atom stereocenters. The minimum Gasteiger partial charge on any atom is -0.345 e. The summed E-state index contributed by atoms with van der Waals surface area (Å²) in [6.45, 7) is 7.23. The number of hydrogen-bond acceptors (Lipinski definition) is 5. The van der Waals surface area contributed by atoms with Crippen LogP contribution in [-0.4, -0.2) is 117 Å². The van der Waals surface area contributed by atoms with E-state index in [1.807, 2.05) is 19.0 Å². The van der Waals surface area contributed by atoms with Crippen molar-refractivity contribution in [3.8, 4) is 0 Å². The van der Waals surface area contributed by atoms with Crippen molar-refractivity contribution in [3.05, 3.63) is 0 Å². The summed E-state index contributed by atoms with van der Waals surface area (Å²) in [5.41, 5.74) is 0. The van der Waals surface area contributed by atoms with E-state index in [9.17, 15) is 13.2 Å². The molecule has 3 rings (SSSR count). The molecule has 0 aromatic heterocycles. The molecule has 9 heteroatoms. The second-order valence-corrected chi connectivity index (χ2v) is 9.52. The molecule has 0 radical (unpaired) electrons. The number of likely N-dealkylation sites (N-methyl/N-ethyl adjacent to an activating group) is 1. The Bertz CT molecular complexity index is 568. The molecule has 3 fully saturated rings. The molecule has 25 heavy (non-hydrogen) atoms. The summed E-state index contributed by atoms with van der Waals surface area (Å²) in [7, 11) is 0.576. The molecule has 3 aliphatic rings. The normalized spacial score (nSPS) is 29.3. The van der Waals surface area contributed by atoms with Crippen molar-refractivity contribution in [2.24, 2.45) is 5.92 Å². The summed E-state index contributed by atoms with van der Waals surface area (Å²) in [5.74, 6) is 0.739. The molecular formula is C16H31N5O3S. The molecule has 8 nitrogen and oxygen atoms in total. The predicted octanol–water partition coefficient (Wildman–Crippen LogP) is -1.04. The van der Waals surface area contributed by atoms with E-state index in [2.05, 4.69) is 9.80 Å². The van der Waals surface area contributed by atoms with Crippen LogP contribution < -0.4 is 0 Å². The van der Waals surface area contributed by atoms with Gasteiger partial charge in [0.1, 0.15) is 0 Å². The second-order valence-electron chi connectivity index (χ2n) is 7.59. The van der Waals surface area contributed by atoms with E-state index in [1.54, 1.807) is 8.61 Å². The lowest BCUT2D eigenvalue weighted by atomic mass is 9.97. The van der Waals surface area contributed by atoms with Gasteiger partial charge in [0.15, 0.2) is 0 Å². The van der Waals surface area contributed by atoms with Crippen LogP contribution in [0.5, 0.6) is 0 Å². The van der Waals surface area contributed by atoms with Gasteiger partial charge in [0.2, 0.25) is 5.91 Å². The Morgan fingerprint density at radius 3 is 2.04 bits per heavy atom. The lowest BCUT2D eigenvalue weighted by molar-refractivity contribution is -0.133. The van der Waals surface area contributed by atoms with Crippen LogP contribution in [0.2, 0.25) is 0 Å². The Morgan fingerprint density at radius 2 is 1.48 bits per heavy atom. The number of hydrogen-bond donors (Lipinski definition) is 0. The molecule has 3 heterocycles. The summed E-state index contributed by atoms with van der Waals surface area (Å²) >= 11 is 0. The highest BCUT2D eigenvalue weighted by molar-refractivity contribution is 7.86. The van der Waals surface area contributed by atoms with Crippen LogP contribution in [0, 0.1) is 5.92 Å². The molecule has 0 aromatic rings. The van der Waals surface area contributed by atoms with E-state index in [0.717, 1.165) is 45.7 Å². The summed E-state index contributed by atoms with van der Waals surface area (Å²) in [6.07, 6.45) is 1.59. The molecule has 144 valence electrons. The summed E-state index contributed by atoms with van der Waals surface area (Å²) in [6, 6.07) is 0. The van der Waals surface area contributed by atoms with Crippen molar-refractivity contribution in [2.45, 2.75) is 12.8 Å². The lowest BCUT2D eigenvalue weighted by Gasteiger charge is -2.40. The molecule has 0 spiro atoms. The maximum Gasteiger partial charge on any atom is 0.282 e. The predicted molar refractivity (Wildman–Crippen MR) is 96.4 cm³/mol. The fourth-order valence-corrected chi connectivity index (χ4v) is 5.51.